The summed E-state index contributed by atoms with van der Waals surface area (Å²) in [6.45, 7) is 0. The Hall–Kier alpha value is -1.88. The van der Waals surface area contributed by atoms with Crippen LogP contribution in [0.15, 0.2) is 30.3 Å². The van der Waals surface area contributed by atoms with Gasteiger partial charge in [-0.2, -0.15) is 0 Å². The number of benzene rings is 1. The van der Waals surface area contributed by atoms with Crippen molar-refractivity contribution in [3.8, 4) is 0 Å². The van der Waals surface area contributed by atoms with Crippen molar-refractivity contribution in [3.05, 3.63) is 30.3 Å². The number of carboxylic acid groups (broad SMARTS) is 1. The van der Waals surface area contributed by atoms with E-state index in [1.165, 1.54) is 0 Å². The number of carbonyl (C=O) groups excluding carboxylic acids is 2. The molecule has 0 aromatic heterocycles. The standard InChI is InChI=1S/C11H14N2O3/c12-9(11(15)16)6-7-10(14)13-8-4-2-1-3-5-8/h1-5,9H,6-7,12H2,(H,13,14)(H,15,16)/t9-/m1/s1. The lowest BCUT2D eigenvalue weighted by atomic mass is 10.1. The van der Waals surface area contributed by atoms with Crippen LogP contribution in [0.3, 0.4) is 0 Å². The predicted molar refractivity (Wildman–Crippen MR) is 56.0 cm³/mol. The van der Waals surface area contributed by atoms with E-state index < -0.39 is 12.0 Å². The van der Waals surface area contributed by atoms with Crippen molar-refractivity contribution in [1.82, 2.24) is 0 Å². The van der Waals surface area contributed by atoms with E-state index in [0.717, 1.165) is 0 Å². The van der Waals surface area contributed by atoms with E-state index in [9.17, 15) is 14.7 Å². The fourth-order valence-electron chi connectivity index (χ4n) is 1.17. The van der Waals surface area contributed by atoms with E-state index in [4.69, 9.17) is 0 Å². The van der Waals surface area contributed by atoms with Gasteiger partial charge in [-0.1, -0.05) is 18.2 Å². The smallest absolute Gasteiger partial charge is 0.224 e. The van der Waals surface area contributed by atoms with Gasteiger partial charge in [0, 0.05) is 18.5 Å². The SMILES string of the molecule is [NH3+][C@H](CCC(=O)Nc1ccccc1)C(=O)[O-]. The van der Waals surface area contributed by atoms with Gasteiger partial charge in [-0.15, -0.1) is 0 Å². The van der Waals surface area contributed by atoms with Gasteiger partial charge in [-0.05, 0) is 12.1 Å². The summed E-state index contributed by atoms with van der Waals surface area (Å²) in [5.41, 5.74) is 4.07. The number of para-hydroxylation sites is 1. The third-order valence-corrected chi connectivity index (χ3v) is 2.11. The minimum Gasteiger partial charge on any atom is -0.544 e. The number of nitrogens with one attached hydrogen (secondary N) is 1. The molecule has 5 heteroatoms. The van der Waals surface area contributed by atoms with Crippen LogP contribution in [-0.4, -0.2) is 17.9 Å². The van der Waals surface area contributed by atoms with Crippen molar-refractivity contribution < 1.29 is 20.4 Å². The predicted octanol–water partition coefficient (Wildman–Crippen LogP) is -1.23. The van der Waals surface area contributed by atoms with Crippen molar-refractivity contribution in [3.63, 3.8) is 0 Å². The minimum absolute atomic E-state index is 0.122. The number of quaternary nitrogens is 1. The summed E-state index contributed by atoms with van der Waals surface area (Å²) in [6.07, 6.45) is 0.304. The van der Waals surface area contributed by atoms with E-state index >= 15 is 0 Å². The first kappa shape index (κ1) is 12.2. The molecule has 5 nitrogen and oxygen atoms in total. The molecule has 86 valence electrons. The Bertz CT molecular complexity index is 365. The summed E-state index contributed by atoms with van der Waals surface area (Å²) in [7, 11) is 0. The third-order valence-electron chi connectivity index (χ3n) is 2.11. The maximum atomic E-state index is 11.4. The average Bonchev–Trinajstić information content (AvgIpc) is 2.27. The highest BCUT2D eigenvalue weighted by Gasteiger charge is 2.10. The summed E-state index contributed by atoms with van der Waals surface area (Å²) in [6, 6.07) is 8.14. The Morgan fingerprint density at radius 3 is 2.50 bits per heavy atom. The van der Waals surface area contributed by atoms with Crippen LogP contribution in [0.5, 0.6) is 0 Å². The molecule has 0 saturated carbocycles. The quantitative estimate of drug-likeness (QED) is 0.652. The highest BCUT2D eigenvalue weighted by Crippen LogP contribution is 2.06. The maximum Gasteiger partial charge on any atom is 0.224 e. The Balaban J connectivity index is 2.35. The molecule has 1 rings (SSSR count). The molecular weight excluding hydrogens is 208 g/mol. The summed E-state index contributed by atoms with van der Waals surface area (Å²) in [5, 5.41) is 13.0. The molecule has 1 aromatic carbocycles. The highest BCUT2D eigenvalue weighted by molar-refractivity contribution is 5.90. The van der Waals surface area contributed by atoms with Crippen molar-refractivity contribution >= 4 is 17.6 Å². The number of hydrogen-bond donors (Lipinski definition) is 2. The minimum atomic E-state index is -1.23. The molecule has 4 N–H and O–H groups in total. The summed E-state index contributed by atoms with van der Waals surface area (Å²) in [5.74, 6) is -1.45. The van der Waals surface area contributed by atoms with Gasteiger partial charge in [0.2, 0.25) is 5.91 Å². The number of carbonyl (C=O) groups is 2. The molecule has 0 aliphatic rings. The van der Waals surface area contributed by atoms with Crippen LogP contribution in [0.1, 0.15) is 12.8 Å². The van der Waals surface area contributed by atoms with Gasteiger partial charge in [0.25, 0.3) is 0 Å². The molecule has 1 amide bonds. The van der Waals surface area contributed by atoms with Crippen LogP contribution in [0.4, 0.5) is 5.69 Å². The molecular formula is C11H14N2O3. The normalized spacial score (nSPS) is 11.8. The fourth-order valence-corrected chi connectivity index (χ4v) is 1.17. The summed E-state index contributed by atoms with van der Waals surface area (Å²) < 4.78 is 0. The molecule has 0 saturated heterocycles. The van der Waals surface area contributed by atoms with Crippen molar-refractivity contribution in [2.24, 2.45) is 0 Å². The second-order valence-corrected chi connectivity index (χ2v) is 3.47. The van der Waals surface area contributed by atoms with Gasteiger partial charge in [-0.3, -0.25) is 4.79 Å². The molecule has 1 aromatic rings. The van der Waals surface area contributed by atoms with E-state index in [1.54, 1.807) is 24.3 Å². The number of aliphatic carboxylic acids is 1. The molecule has 0 aliphatic carbocycles. The van der Waals surface area contributed by atoms with Gasteiger partial charge in [-0.25, -0.2) is 0 Å². The maximum absolute atomic E-state index is 11.4. The summed E-state index contributed by atoms with van der Waals surface area (Å²) in [4.78, 5) is 21.8. The Morgan fingerprint density at radius 2 is 1.94 bits per heavy atom. The van der Waals surface area contributed by atoms with Gasteiger partial charge in [0.1, 0.15) is 6.04 Å². The van der Waals surface area contributed by atoms with Gasteiger partial charge in [0.15, 0.2) is 0 Å². The second-order valence-electron chi connectivity index (χ2n) is 3.47. The Morgan fingerprint density at radius 1 is 1.31 bits per heavy atom. The average molecular weight is 222 g/mol. The Labute approximate surface area is 93.3 Å². The first-order valence-electron chi connectivity index (χ1n) is 4.98. The van der Waals surface area contributed by atoms with Crippen LogP contribution in [0, 0.1) is 0 Å². The third kappa shape index (κ3) is 4.10. The molecule has 0 fully saturated rings. The van der Waals surface area contributed by atoms with Crippen molar-refractivity contribution in [1.29, 1.82) is 0 Å². The topological polar surface area (TPSA) is 96.9 Å². The molecule has 16 heavy (non-hydrogen) atoms. The zero-order chi connectivity index (χ0) is 12.0. The van der Waals surface area contributed by atoms with Crippen molar-refractivity contribution in [2.45, 2.75) is 18.9 Å². The number of carboxylic acids is 1. The lowest BCUT2D eigenvalue weighted by molar-refractivity contribution is -0.438. The number of hydrogen-bond acceptors (Lipinski definition) is 3. The monoisotopic (exact) mass is 222 g/mol. The lowest BCUT2D eigenvalue weighted by Gasteiger charge is -2.09. The van der Waals surface area contributed by atoms with Crippen molar-refractivity contribution in [2.75, 3.05) is 5.32 Å². The van der Waals surface area contributed by atoms with E-state index in [-0.39, 0.29) is 18.7 Å². The molecule has 0 heterocycles. The van der Waals surface area contributed by atoms with Crippen LogP contribution in [0.25, 0.3) is 0 Å². The lowest BCUT2D eigenvalue weighted by Crippen LogP contribution is -2.68. The van der Waals surface area contributed by atoms with E-state index in [1.807, 2.05) is 6.07 Å². The molecule has 0 radical (unpaired) electrons. The van der Waals surface area contributed by atoms with E-state index in [2.05, 4.69) is 11.1 Å². The van der Waals surface area contributed by atoms with Crippen LogP contribution in [-0.2, 0) is 9.59 Å². The first-order chi connectivity index (χ1) is 7.59. The number of anilines is 1. The highest BCUT2D eigenvalue weighted by atomic mass is 16.4. The number of amides is 1. The molecule has 0 aliphatic heterocycles. The van der Waals surface area contributed by atoms with Crippen LogP contribution >= 0.6 is 0 Å². The van der Waals surface area contributed by atoms with Crippen LogP contribution < -0.4 is 16.2 Å². The van der Waals surface area contributed by atoms with Gasteiger partial charge < -0.3 is 21.0 Å². The molecule has 0 spiro atoms. The molecule has 0 bridgehead atoms. The largest absolute Gasteiger partial charge is 0.544 e. The van der Waals surface area contributed by atoms with Crippen LogP contribution in [0.2, 0.25) is 0 Å². The first-order valence-corrected chi connectivity index (χ1v) is 4.98. The molecule has 0 unspecified atom stereocenters. The van der Waals surface area contributed by atoms with E-state index in [0.29, 0.717) is 5.69 Å². The van der Waals surface area contributed by atoms with Gasteiger partial charge in [0.05, 0.1) is 5.97 Å². The second kappa shape index (κ2) is 5.87. The Kier molecular flexibility index (Phi) is 4.47. The zero-order valence-corrected chi connectivity index (χ0v) is 8.81. The number of rotatable bonds is 5. The zero-order valence-electron chi connectivity index (χ0n) is 8.81. The molecule has 1 atom stereocenters. The van der Waals surface area contributed by atoms with Gasteiger partial charge >= 0.3 is 0 Å². The summed E-state index contributed by atoms with van der Waals surface area (Å²) >= 11 is 0. The fraction of sp³-hybridized carbons (Fsp3) is 0.273.